The average Bonchev–Trinajstić information content (AvgIpc) is 2.96. The zero-order valence-corrected chi connectivity index (χ0v) is 22.5. The van der Waals surface area contributed by atoms with E-state index in [2.05, 4.69) is 5.32 Å². The Morgan fingerprint density at radius 3 is 2.33 bits per heavy atom. The second-order valence-corrected chi connectivity index (χ2v) is 10.5. The molecular weight excluding hydrogens is 534 g/mol. The van der Waals surface area contributed by atoms with Gasteiger partial charge in [0.2, 0.25) is 5.91 Å². The number of aliphatic hydroxyl groups excluding tert-OH is 1. The fourth-order valence-corrected chi connectivity index (χ4v) is 5.21. The van der Waals surface area contributed by atoms with Crippen molar-refractivity contribution in [3.05, 3.63) is 95.1 Å². The van der Waals surface area contributed by atoms with Gasteiger partial charge in [0.1, 0.15) is 0 Å². The fraction of sp³-hybridized carbons (Fsp3) is 0.300. The summed E-state index contributed by atoms with van der Waals surface area (Å²) in [7, 11) is 0. The zero-order chi connectivity index (χ0) is 28.5. The monoisotopic (exact) mass is 565 g/mol. The number of hydrogen-bond acceptors (Lipinski definition) is 7. The maximum absolute atomic E-state index is 12.3. The first-order valence-corrected chi connectivity index (χ1v) is 13.9. The van der Waals surface area contributed by atoms with Crippen molar-refractivity contribution in [3.8, 4) is 0 Å². The molecule has 10 heteroatoms. The van der Waals surface area contributed by atoms with E-state index in [1.165, 1.54) is 0 Å². The molecule has 210 valence electrons. The van der Waals surface area contributed by atoms with Gasteiger partial charge in [0.15, 0.2) is 6.29 Å². The third kappa shape index (κ3) is 8.40. The van der Waals surface area contributed by atoms with Gasteiger partial charge in [0.05, 0.1) is 24.4 Å². The number of amides is 1. The van der Waals surface area contributed by atoms with E-state index in [4.69, 9.17) is 19.7 Å². The normalized spacial score (nSPS) is 18.7. The number of carbonyl (C=O) groups is 3. The van der Waals surface area contributed by atoms with Gasteiger partial charge in [-0.05, 0) is 53.9 Å². The lowest BCUT2D eigenvalue weighted by Gasteiger charge is -2.36. The Morgan fingerprint density at radius 1 is 0.900 bits per heavy atom. The van der Waals surface area contributed by atoms with Gasteiger partial charge < -0.3 is 30.1 Å². The molecule has 1 aliphatic heterocycles. The highest BCUT2D eigenvalue weighted by molar-refractivity contribution is 7.99. The number of aliphatic carboxylic acids is 1. The lowest BCUT2D eigenvalue weighted by molar-refractivity contribution is -0.245. The van der Waals surface area contributed by atoms with E-state index in [-0.39, 0.29) is 49.5 Å². The topological polar surface area (TPSA) is 142 Å². The molecule has 0 unspecified atom stereocenters. The molecular formula is C30H31NO8S. The SMILES string of the molecule is O=C(O)CCCC(=O)Nc1cccc([C@H]2O[C@@H](CSc3ccc(C(=O)O)cc3)C[C@@H](c3ccc(CO)cc3)O2)c1. The number of rotatable bonds is 12. The first kappa shape index (κ1) is 29.3. The predicted octanol–water partition coefficient (Wildman–Crippen LogP) is 5.41. The quantitative estimate of drug-likeness (QED) is 0.212. The number of thioether (sulfide) groups is 1. The number of hydrogen-bond donors (Lipinski definition) is 4. The molecule has 0 bridgehead atoms. The molecule has 1 amide bonds. The Hall–Kier alpha value is -3.70. The zero-order valence-electron chi connectivity index (χ0n) is 21.7. The van der Waals surface area contributed by atoms with E-state index >= 15 is 0 Å². The summed E-state index contributed by atoms with van der Waals surface area (Å²) in [5, 5.41) is 30.2. The Balaban J connectivity index is 1.48. The first-order chi connectivity index (χ1) is 19.3. The van der Waals surface area contributed by atoms with Crippen LogP contribution in [0, 0.1) is 0 Å². The van der Waals surface area contributed by atoms with Gasteiger partial charge >= 0.3 is 11.9 Å². The van der Waals surface area contributed by atoms with Crippen molar-refractivity contribution in [2.45, 2.75) is 55.7 Å². The number of carboxylic acid groups (broad SMARTS) is 2. The van der Waals surface area contributed by atoms with Crippen molar-refractivity contribution in [3.63, 3.8) is 0 Å². The largest absolute Gasteiger partial charge is 0.481 e. The van der Waals surface area contributed by atoms with E-state index in [9.17, 15) is 19.5 Å². The molecule has 1 aliphatic rings. The van der Waals surface area contributed by atoms with Crippen molar-refractivity contribution < 1.29 is 39.2 Å². The van der Waals surface area contributed by atoms with Crippen LogP contribution in [0.4, 0.5) is 5.69 Å². The van der Waals surface area contributed by atoms with Gasteiger partial charge in [0.25, 0.3) is 0 Å². The van der Waals surface area contributed by atoms with Gasteiger partial charge in [0, 0.05) is 41.2 Å². The van der Waals surface area contributed by atoms with E-state index in [1.54, 1.807) is 54.2 Å². The number of carboxylic acids is 2. The average molecular weight is 566 g/mol. The maximum atomic E-state index is 12.3. The van der Waals surface area contributed by atoms with Crippen molar-refractivity contribution in [1.82, 2.24) is 0 Å². The molecule has 3 aromatic rings. The molecule has 1 fully saturated rings. The van der Waals surface area contributed by atoms with Crippen molar-refractivity contribution >= 4 is 35.3 Å². The highest BCUT2D eigenvalue weighted by Crippen LogP contribution is 2.40. The number of benzene rings is 3. The molecule has 0 aliphatic carbocycles. The van der Waals surface area contributed by atoms with Crippen LogP contribution in [0.15, 0.2) is 77.7 Å². The number of anilines is 1. The second kappa shape index (κ2) is 14.1. The summed E-state index contributed by atoms with van der Waals surface area (Å²) in [6.45, 7) is -0.0493. The summed E-state index contributed by atoms with van der Waals surface area (Å²) in [5.41, 5.74) is 3.27. The molecule has 0 saturated carbocycles. The van der Waals surface area contributed by atoms with Crippen molar-refractivity contribution in [2.75, 3.05) is 11.1 Å². The summed E-state index contributed by atoms with van der Waals surface area (Å²) >= 11 is 1.56. The highest BCUT2D eigenvalue weighted by atomic mass is 32.2. The highest BCUT2D eigenvalue weighted by Gasteiger charge is 2.32. The molecule has 1 saturated heterocycles. The van der Waals surface area contributed by atoms with E-state index in [0.717, 1.165) is 21.6 Å². The Bertz CT molecular complexity index is 1310. The second-order valence-electron chi connectivity index (χ2n) is 9.41. The molecule has 40 heavy (non-hydrogen) atoms. The minimum atomic E-state index is -0.971. The summed E-state index contributed by atoms with van der Waals surface area (Å²) < 4.78 is 12.7. The van der Waals surface area contributed by atoms with Gasteiger partial charge in [-0.25, -0.2) is 4.79 Å². The molecule has 0 aromatic heterocycles. The van der Waals surface area contributed by atoms with Gasteiger partial charge in [-0.1, -0.05) is 36.4 Å². The van der Waals surface area contributed by atoms with Crippen LogP contribution in [0.1, 0.15) is 65.1 Å². The standard InChI is InChI=1S/C30H31NO8S/c32-17-19-7-9-20(10-8-19)26-16-24(18-40-25-13-11-21(12-14-25)29(36)37)38-30(39-26)22-3-1-4-23(15-22)31-27(33)5-2-6-28(34)35/h1,3-4,7-15,24,26,30,32H,2,5-6,16-18H2,(H,31,33)(H,34,35)(H,36,37)/t24-,26+,30+/m1/s1. The van der Waals surface area contributed by atoms with E-state index < -0.39 is 18.2 Å². The smallest absolute Gasteiger partial charge is 0.335 e. The molecule has 4 rings (SSSR count). The van der Waals surface area contributed by atoms with Gasteiger partial charge in [-0.3, -0.25) is 9.59 Å². The molecule has 3 aromatic carbocycles. The molecule has 3 atom stereocenters. The minimum absolute atomic E-state index is 0.0493. The van der Waals surface area contributed by atoms with Crippen LogP contribution in [0.2, 0.25) is 0 Å². The minimum Gasteiger partial charge on any atom is -0.481 e. The Kier molecular flexibility index (Phi) is 10.3. The van der Waals surface area contributed by atoms with Crippen molar-refractivity contribution in [2.24, 2.45) is 0 Å². The van der Waals surface area contributed by atoms with Crippen LogP contribution >= 0.6 is 11.8 Å². The Labute approximate surface area is 236 Å². The fourth-order valence-electron chi connectivity index (χ4n) is 4.29. The Morgan fingerprint density at radius 2 is 1.65 bits per heavy atom. The van der Waals surface area contributed by atoms with Crippen LogP contribution in [0.25, 0.3) is 0 Å². The van der Waals surface area contributed by atoms with E-state index in [1.807, 2.05) is 30.3 Å². The van der Waals surface area contributed by atoms with Crippen LogP contribution < -0.4 is 5.32 Å². The number of nitrogens with one attached hydrogen (secondary N) is 1. The third-order valence-corrected chi connectivity index (χ3v) is 7.53. The maximum Gasteiger partial charge on any atom is 0.335 e. The number of aliphatic hydroxyl groups is 1. The number of aromatic carboxylic acids is 1. The van der Waals surface area contributed by atoms with Gasteiger partial charge in [-0.15, -0.1) is 11.8 Å². The molecule has 9 nitrogen and oxygen atoms in total. The third-order valence-electron chi connectivity index (χ3n) is 6.39. The molecule has 4 N–H and O–H groups in total. The van der Waals surface area contributed by atoms with Gasteiger partial charge in [-0.2, -0.15) is 0 Å². The number of ether oxygens (including phenoxy) is 2. The van der Waals surface area contributed by atoms with E-state index in [0.29, 0.717) is 17.9 Å². The molecule has 0 spiro atoms. The first-order valence-electron chi connectivity index (χ1n) is 12.9. The summed E-state index contributed by atoms with van der Waals surface area (Å²) in [6.07, 6.45) is -0.298. The van der Waals surface area contributed by atoms with Crippen molar-refractivity contribution in [1.29, 1.82) is 0 Å². The lowest BCUT2D eigenvalue weighted by atomic mass is 10.0. The molecule has 0 radical (unpaired) electrons. The van der Waals surface area contributed by atoms with Crippen LogP contribution in [0.5, 0.6) is 0 Å². The predicted molar refractivity (Wildman–Crippen MR) is 149 cm³/mol. The lowest BCUT2D eigenvalue weighted by Crippen LogP contribution is -2.31. The van der Waals surface area contributed by atoms with Crippen LogP contribution in [-0.4, -0.2) is 45.0 Å². The van der Waals surface area contributed by atoms with Crippen LogP contribution in [-0.2, 0) is 25.7 Å². The summed E-state index contributed by atoms with van der Waals surface area (Å²) in [4.78, 5) is 35.1. The van der Waals surface area contributed by atoms with Crippen LogP contribution in [0.3, 0.4) is 0 Å². The number of carbonyl (C=O) groups excluding carboxylic acids is 1. The molecule has 1 heterocycles. The summed E-state index contributed by atoms with van der Waals surface area (Å²) in [5.74, 6) is -1.57. The summed E-state index contributed by atoms with van der Waals surface area (Å²) in [6, 6.07) is 21.5.